The quantitative estimate of drug-likeness (QED) is 0.0563. The first-order valence-corrected chi connectivity index (χ1v) is 17.5. The Labute approximate surface area is 258 Å². The third-order valence-corrected chi connectivity index (χ3v) is 8.00. The molecule has 2 atom stereocenters. The van der Waals surface area contributed by atoms with Crippen molar-refractivity contribution in [1.82, 2.24) is 5.32 Å². The number of aliphatic hydroxyl groups is 1. The zero-order valence-electron chi connectivity index (χ0n) is 27.8. The predicted octanol–water partition coefficient (Wildman–Crippen LogP) is 8.74. The van der Waals surface area contributed by atoms with Gasteiger partial charge in [0.15, 0.2) is 0 Å². The van der Waals surface area contributed by atoms with Gasteiger partial charge in [0.1, 0.15) is 12.1 Å². The van der Waals surface area contributed by atoms with Crippen LogP contribution < -0.4 is 5.32 Å². The number of carbonyl (C=O) groups is 3. The van der Waals surface area contributed by atoms with E-state index in [0.29, 0.717) is 12.8 Å². The van der Waals surface area contributed by atoms with E-state index in [9.17, 15) is 19.5 Å². The molecule has 0 aromatic heterocycles. The molecule has 0 rings (SSSR count). The summed E-state index contributed by atoms with van der Waals surface area (Å²) in [5.74, 6) is -0.497. The number of carbonyl (C=O) groups excluding carboxylic acids is 2. The monoisotopic (exact) mass is 597 g/mol. The Balaban J connectivity index is 4.26. The smallest absolute Gasteiger partial charge is 0.328 e. The highest BCUT2D eigenvalue weighted by molar-refractivity contribution is 5.84. The highest BCUT2D eigenvalue weighted by atomic mass is 16.5. The number of rotatable bonds is 30. The van der Waals surface area contributed by atoms with Gasteiger partial charge in [0, 0.05) is 6.42 Å². The third kappa shape index (κ3) is 27.2. The maximum absolute atomic E-state index is 12.5. The summed E-state index contributed by atoms with van der Waals surface area (Å²) in [6.45, 7) is 8.43. The molecule has 0 aromatic rings. The molecule has 248 valence electrons. The third-order valence-electron chi connectivity index (χ3n) is 8.00. The number of aliphatic carboxylic acids is 1. The number of nitrogens with one attached hydrogen (secondary N) is 1. The lowest BCUT2D eigenvalue weighted by Crippen LogP contribution is -2.44. The average Bonchev–Trinajstić information content (AvgIpc) is 2.92. The highest BCUT2D eigenvalue weighted by Crippen LogP contribution is 2.17. The van der Waals surface area contributed by atoms with Crippen LogP contribution in [0.5, 0.6) is 0 Å². The van der Waals surface area contributed by atoms with Crippen LogP contribution in [0.25, 0.3) is 0 Å². The molecule has 0 unspecified atom stereocenters. The van der Waals surface area contributed by atoms with Gasteiger partial charge in [0.05, 0.1) is 13.0 Å². The van der Waals surface area contributed by atoms with E-state index in [4.69, 9.17) is 9.84 Å². The summed E-state index contributed by atoms with van der Waals surface area (Å²) >= 11 is 0. The Hall–Kier alpha value is -1.63. The van der Waals surface area contributed by atoms with E-state index in [2.05, 4.69) is 33.0 Å². The van der Waals surface area contributed by atoms with E-state index in [1.165, 1.54) is 89.9 Å². The molecule has 7 heteroatoms. The Kier molecular flexibility index (Phi) is 27.1. The topological polar surface area (TPSA) is 113 Å². The number of aliphatic hydroxyl groups excluding tert-OH is 1. The van der Waals surface area contributed by atoms with Crippen LogP contribution in [0.2, 0.25) is 0 Å². The van der Waals surface area contributed by atoms with Crippen molar-refractivity contribution >= 4 is 17.8 Å². The van der Waals surface area contributed by atoms with Crippen LogP contribution in [0.15, 0.2) is 0 Å². The molecule has 0 aliphatic rings. The maximum atomic E-state index is 12.5. The summed E-state index contributed by atoms with van der Waals surface area (Å²) in [6, 6.07) is -1.35. The molecule has 0 saturated heterocycles. The van der Waals surface area contributed by atoms with Crippen molar-refractivity contribution in [1.29, 1.82) is 0 Å². The molecule has 0 aliphatic carbocycles. The van der Waals surface area contributed by atoms with Crippen molar-refractivity contribution in [2.75, 3.05) is 6.61 Å². The lowest BCUT2D eigenvalue weighted by Gasteiger charge is -2.19. The highest BCUT2D eigenvalue weighted by Gasteiger charge is 2.23. The van der Waals surface area contributed by atoms with Crippen LogP contribution in [-0.4, -0.2) is 46.8 Å². The van der Waals surface area contributed by atoms with E-state index >= 15 is 0 Å². The van der Waals surface area contributed by atoms with Crippen molar-refractivity contribution in [2.24, 2.45) is 11.8 Å². The first kappa shape index (κ1) is 40.4. The number of esters is 1. The molecular weight excluding hydrogens is 530 g/mol. The number of carboxylic acids is 1. The Morgan fingerprint density at radius 2 is 0.976 bits per heavy atom. The van der Waals surface area contributed by atoms with Crippen molar-refractivity contribution in [3.8, 4) is 0 Å². The molecule has 0 radical (unpaired) electrons. The van der Waals surface area contributed by atoms with E-state index in [-0.39, 0.29) is 12.4 Å². The van der Waals surface area contributed by atoms with Crippen LogP contribution in [0.3, 0.4) is 0 Å². The standard InChI is InChI=1S/C35H67NO6/c1-29(2)23-19-15-11-7-5-9-13-17-21-25-31(27-33(38)36-32(28-37)35(40)41)42-34(39)26-22-18-14-10-6-8-12-16-20-24-30(3)4/h29-32,37H,5-28H2,1-4H3,(H,36,38)(H,40,41)/t31-,32-/m1/s1. The van der Waals surface area contributed by atoms with Crippen molar-refractivity contribution in [3.63, 3.8) is 0 Å². The second-order valence-corrected chi connectivity index (χ2v) is 13.2. The first-order chi connectivity index (χ1) is 20.1. The van der Waals surface area contributed by atoms with Crippen LogP contribution in [0.4, 0.5) is 0 Å². The van der Waals surface area contributed by atoms with Gasteiger partial charge in [-0.15, -0.1) is 0 Å². The zero-order valence-corrected chi connectivity index (χ0v) is 27.8. The SMILES string of the molecule is CC(C)CCCCCCCCCCCC(=O)O[C@H](CCCCCCCCCCCC(C)C)CC(=O)N[C@H](CO)C(=O)O. The number of hydrogen-bond donors (Lipinski definition) is 3. The number of hydrogen-bond acceptors (Lipinski definition) is 5. The molecule has 0 bridgehead atoms. The fraction of sp³-hybridized carbons (Fsp3) is 0.914. The molecule has 42 heavy (non-hydrogen) atoms. The summed E-state index contributed by atoms with van der Waals surface area (Å²) in [4.78, 5) is 36.1. The molecule has 0 heterocycles. The van der Waals surface area contributed by atoms with Gasteiger partial charge in [0.25, 0.3) is 0 Å². The van der Waals surface area contributed by atoms with Gasteiger partial charge in [-0.1, -0.05) is 143 Å². The van der Waals surface area contributed by atoms with E-state index in [1.54, 1.807) is 0 Å². The minimum Gasteiger partial charge on any atom is -0.480 e. The molecule has 0 aromatic carbocycles. The number of amides is 1. The van der Waals surface area contributed by atoms with Crippen LogP contribution >= 0.6 is 0 Å². The summed E-state index contributed by atoms with van der Waals surface area (Å²) in [6.07, 6.45) is 24.3. The number of unbranched alkanes of at least 4 members (excludes halogenated alkanes) is 16. The molecule has 0 spiro atoms. The lowest BCUT2D eigenvalue weighted by atomic mass is 10.0. The van der Waals surface area contributed by atoms with Gasteiger partial charge in [-0.25, -0.2) is 4.79 Å². The minimum absolute atomic E-state index is 0.0803. The Bertz CT molecular complexity index is 666. The molecule has 0 saturated carbocycles. The molecular formula is C35H67NO6. The van der Waals surface area contributed by atoms with Crippen molar-refractivity contribution in [2.45, 2.75) is 188 Å². The maximum Gasteiger partial charge on any atom is 0.328 e. The molecule has 7 nitrogen and oxygen atoms in total. The largest absolute Gasteiger partial charge is 0.480 e. The van der Waals surface area contributed by atoms with Crippen molar-refractivity contribution < 1.29 is 29.3 Å². The molecule has 1 amide bonds. The van der Waals surface area contributed by atoms with Gasteiger partial charge >= 0.3 is 11.9 Å². The number of ether oxygens (including phenoxy) is 1. The minimum atomic E-state index is -1.35. The Morgan fingerprint density at radius 3 is 1.36 bits per heavy atom. The van der Waals surface area contributed by atoms with Crippen molar-refractivity contribution in [3.05, 3.63) is 0 Å². The van der Waals surface area contributed by atoms with Gasteiger partial charge in [-0.2, -0.15) is 0 Å². The fourth-order valence-electron chi connectivity index (χ4n) is 5.31. The molecule has 3 N–H and O–H groups in total. The van der Waals surface area contributed by atoms with E-state index in [1.807, 2.05) is 0 Å². The zero-order chi connectivity index (χ0) is 31.4. The lowest BCUT2D eigenvalue weighted by molar-refractivity contribution is -0.152. The van der Waals surface area contributed by atoms with Gasteiger partial charge < -0.3 is 20.3 Å². The summed E-state index contributed by atoms with van der Waals surface area (Å²) in [5.41, 5.74) is 0. The first-order valence-electron chi connectivity index (χ1n) is 17.5. The van der Waals surface area contributed by atoms with E-state index in [0.717, 1.165) is 50.4 Å². The van der Waals surface area contributed by atoms with Gasteiger partial charge in [-0.3, -0.25) is 9.59 Å². The normalized spacial score (nSPS) is 12.9. The van der Waals surface area contributed by atoms with Gasteiger partial charge in [0.2, 0.25) is 5.91 Å². The van der Waals surface area contributed by atoms with Gasteiger partial charge in [-0.05, 0) is 31.1 Å². The number of carboxylic acid groups (broad SMARTS) is 1. The average molecular weight is 598 g/mol. The van der Waals surface area contributed by atoms with Crippen LogP contribution in [-0.2, 0) is 19.1 Å². The summed E-state index contributed by atoms with van der Waals surface area (Å²) in [5, 5.41) is 20.6. The molecule has 0 aliphatic heterocycles. The second-order valence-electron chi connectivity index (χ2n) is 13.2. The fourth-order valence-corrected chi connectivity index (χ4v) is 5.31. The predicted molar refractivity (Wildman–Crippen MR) is 172 cm³/mol. The summed E-state index contributed by atoms with van der Waals surface area (Å²) < 4.78 is 5.69. The van der Waals surface area contributed by atoms with Crippen LogP contribution in [0.1, 0.15) is 175 Å². The second kappa shape index (κ2) is 28.2. The molecule has 0 fully saturated rings. The van der Waals surface area contributed by atoms with E-state index < -0.39 is 30.6 Å². The Morgan fingerprint density at radius 1 is 0.595 bits per heavy atom. The summed E-state index contributed by atoms with van der Waals surface area (Å²) in [7, 11) is 0. The van der Waals surface area contributed by atoms with Crippen LogP contribution in [0, 0.1) is 11.8 Å².